The van der Waals surface area contributed by atoms with Gasteiger partial charge in [-0.3, -0.25) is 4.79 Å². The van der Waals surface area contributed by atoms with E-state index >= 15 is 0 Å². The molecule has 2 aliphatic heterocycles. The van der Waals surface area contributed by atoms with Gasteiger partial charge >= 0.3 is 0 Å². The van der Waals surface area contributed by atoms with Crippen molar-refractivity contribution in [2.24, 2.45) is 0 Å². The van der Waals surface area contributed by atoms with Crippen molar-refractivity contribution in [1.29, 1.82) is 0 Å². The maximum absolute atomic E-state index is 12.7. The molecule has 2 aromatic carbocycles. The Hall–Kier alpha value is -2.01. The predicted octanol–water partition coefficient (Wildman–Crippen LogP) is 3.06. The lowest BCUT2D eigenvalue weighted by molar-refractivity contribution is -0.217. The van der Waals surface area contributed by atoms with Gasteiger partial charge in [-0.1, -0.05) is 54.6 Å². The van der Waals surface area contributed by atoms with Gasteiger partial charge < -0.3 is 14.2 Å². The van der Waals surface area contributed by atoms with E-state index in [1.165, 1.54) is 0 Å². The summed E-state index contributed by atoms with van der Waals surface area (Å²) in [6.07, 6.45) is -0.396. The lowest BCUT2D eigenvalue weighted by atomic mass is 9.95. The number of fused-ring (bicyclic) bond motifs is 4. The van der Waals surface area contributed by atoms with Crippen LogP contribution in [0.1, 0.15) is 27.9 Å². The Labute approximate surface area is 135 Å². The molecule has 3 atom stereocenters. The van der Waals surface area contributed by atoms with E-state index in [2.05, 4.69) is 0 Å². The van der Waals surface area contributed by atoms with E-state index < -0.39 is 11.9 Å². The van der Waals surface area contributed by atoms with Gasteiger partial charge in [-0.15, -0.1) is 0 Å². The number of hydrogen-bond donors (Lipinski definition) is 0. The molecule has 4 heteroatoms. The highest BCUT2D eigenvalue weighted by Crippen LogP contribution is 2.47. The van der Waals surface area contributed by atoms with Crippen molar-refractivity contribution in [3.8, 4) is 0 Å². The summed E-state index contributed by atoms with van der Waals surface area (Å²) in [5, 5.41) is 0. The lowest BCUT2D eigenvalue weighted by Crippen LogP contribution is -2.39. The van der Waals surface area contributed by atoms with Crippen molar-refractivity contribution < 1.29 is 19.0 Å². The number of methoxy groups -OCH3 is 1. The highest BCUT2D eigenvalue weighted by Gasteiger charge is 2.56. The van der Waals surface area contributed by atoms with Gasteiger partial charge in [0.05, 0.1) is 12.7 Å². The average Bonchev–Trinajstić information content (AvgIpc) is 2.96. The van der Waals surface area contributed by atoms with Gasteiger partial charge in [0.15, 0.2) is 17.7 Å². The number of rotatable bonds is 4. The van der Waals surface area contributed by atoms with Crippen LogP contribution < -0.4 is 0 Å². The molecule has 1 fully saturated rings. The summed E-state index contributed by atoms with van der Waals surface area (Å²) in [5.74, 6) is -0.903. The van der Waals surface area contributed by atoms with E-state index in [0.29, 0.717) is 18.6 Å². The first-order valence-electron chi connectivity index (χ1n) is 7.76. The number of carbonyl (C=O) groups is 1. The Morgan fingerprint density at radius 3 is 2.65 bits per heavy atom. The van der Waals surface area contributed by atoms with Gasteiger partial charge in [0.2, 0.25) is 0 Å². The Balaban J connectivity index is 1.61. The van der Waals surface area contributed by atoms with Crippen molar-refractivity contribution in [2.45, 2.75) is 31.0 Å². The average molecular weight is 310 g/mol. The molecule has 2 aliphatic rings. The number of benzene rings is 2. The van der Waals surface area contributed by atoms with Crippen LogP contribution in [-0.2, 0) is 26.6 Å². The molecule has 0 aliphatic carbocycles. The van der Waals surface area contributed by atoms with E-state index in [9.17, 15) is 4.79 Å². The van der Waals surface area contributed by atoms with Crippen molar-refractivity contribution in [3.63, 3.8) is 0 Å². The van der Waals surface area contributed by atoms with Crippen molar-refractivity contribution >= 4 is 5.78 Å². The standard InChI is InChI=1S/C19H18O4/c1-21-19-11-16(22-12-13-7-3-2-4-8-13)18(23-19)17(20)14-9-5-6-10-15(14)19/h2-10,16,18H,11-12H2,1H3/t16-,18+,19-/m0/s1. The third kappa shape index (κ3) is 2.30. The quantitative estimate of drug-likeness (QED) is 0.870. The van der Waals surface area contributed by atoms with Crippen molar-refractivity contribution in [3.05, 3.63) is 71.3 Å². The van der Waals surface area contributed by atoms with Gasteiger partial charge in [-0.05, 0) is 5.56 Å². The maximum Gasteiger partial charge on any atom is 0.198 e. The second-order valence-electron chi connectivity index (χ2n) is 5.94. The van der Waals surface area contributed by atoms with Crippen LogP contribution in [0.2, 0.25) is 0 Å². The molecular formula is C19H18O4. The maximum atomic E-state index is 12.7. The molecule has 0 unspecified atom stereocenters. The molecule has 0 amide bonds. The summed E-state index contributed by atoms with van der Waals surface area (Å²) < 4.78 is 17.7. The van der Waals surface area contributed by atoms with Crippen LogP contribution in [0.5, 0.6) is 0 Å². The van der Waals surface area contributed by atoms with Gasteiger partial charge in [0.25, 0.3) is 0 Å². The number of Topliss-reactive ketones (excluding diaryl/α,β-unsaturated/α-hetero) is 1. The van der Waals surface area contributed by atoms with E-state index in [1.807, 2.05) is 54.6 Å². The molecule has 4 nitrogen and oxygen atoms in total. The van der Waals surface area contributed by atoms with Crippen LogP contribution in [0.15, 0.2) is 54.6 Å². The summed E-state index contributed by atoms with van der Waals surface area (Å²) >= 11 is 0. The summed E-state index contributed by atoms with van der Waals surface area (Å²) in [6, 6.07) is 17.4. The second-order valence-corrected chi connectivity index (χ2v) is 5.94. The Morgan fingerprint density at radius 2 is 1.87 bits per heavy atom. The minimum absolute atomic E-state index is 0.0242. The molecule has 2 heterocycles. The zero-order valence-corrected chi connectivity index (χ0v) is 12.9. The fraction of sp³-hybridized carbons (Fsp3) is 0.316. The molecule has 4 rings (SSSR count). The van der Waals surface area contributed by atoms with Crippen LogP contribution in [0.3, 0.4) is 0 Å². The first kappa shape index (κ1) is 14.6. The summed E-state index contributed by atoms with van der Waals surface area (Å²) in [6.45, 7) is 0.453. The minimum atomic E-state index is -0.878. The minimum Gasteiger partial charge on any atom is -0.370 e. The predicted molar refractivity (Wildman–Crippen MR) is 84.0 cm³/mol. The van der Waals surface area contributed by atoms with Crippen LogP contribution in [0.25, 0.3) is 0 Å². The SMILES string of the molecule is CO[C@@]12C[C@H](OCc3ccccc3)[C@@H](O1)C(=O)c1ccccc12. The molecule has 0 radical (unpaired) electrons. The molecule has 1 saturated heterocycles. The number of ether oxygens (including phenoxy) is 3. The monoisotopic (exact) mass is 310 g/mol. The third-order valence-corrected chi connectivity index (χ3v) is 4.62. The highest BCUT2D eigenvalue weighted by atomic mass is 16.7. The van der Waals surface area contributed by atoms with E-state index in [4.69, 9.17) is 14.2 Å². The van der Waals surface area contributed by atoms with Crippen LogP contribution >= 0.6 is 0 Å². The van der Waals surface area contributed by atoms with Gasteiger partial charge in [-0.25, -0.2) is 0 Å². The van der Waals surface area contributed by atoms with Gasteiger partial charge in [0, 0.05) is 24.7 Å². The smallest absolute Gasteiger partial charge is 0.198 e. The molecule has 0 N–H and O–H groups in total. The normalized spacial score (nSPS) is 28.7. The first-order chi connectivity index (χ1) is 11.2. The molecule has 0 spiro atoms. The fourth-order valence-corrected chi connectivity index (χ4v) is 3.45. The topological polar surface area (TPSA) is 44.8 Å². The zero-order valence-electron chi connectivity index (χ0n) is 12.9. The molecule has 118 valence electrons. The molecule has 23 heavy (non-hydrogen) atoms. The highest BCUT2D eigenvalue weighted by molar-refractivity contribution is 6.02. The molecular weight excluding hydrogens is 292 g/mol. The summed E-state index contributed by atoms with van der Waals surface area (Å²) in [5.41, 5.74) is 2.55. The lowest BCUT2D eigenvalue weighted by Gasteiger charge is -2.32. The van der Waals surface area contributed by atoms with E-state index in [-0.39, 0.29) is 11.9 Å². The third-order valence-electron chi connectivity index (χ3n) is 4.62. The van der Waals surface area contributed by atoms with Crippen LogP contribution in [-0.4, -0.2) is 25.1 Å². The number of ketones is 1. The molecule has 0 aromatic heterocycles. The second kappa shape index (κ2) is 5.57. The largest absolute Gasteiger partial charge is 0.370 e. The summed E-state index contributed by atoms with van der Waals surface area (Å²) in [7, 11) is 1.61. The molecule has 0 saturated carbocycles. The van der Waals surface area contributed by atoms with Crippen molar-refractivity contribution in [2.75, 3.05) is 7.11 Å². The number of hydrogen-bond acceptors (Lipinski definition) is 4. The van der Waals surface area contributed by atoms with Gasteiger partial charge in [-0.2, -0.15) is 0 Å². The van der Waals surface area contributed by atoms with E-state index in [0.717, 1.165) is 11.1 Å². The van der Waals surface area contributed by atoms with E-state index in [1.54, 1.807) is 7.11 Å². The first-order valence-corrected chi connectivity index (χ1v) is 7.76. The van der Waals surface area contributed by atoms with Crippen LogP contribution in [0, 0.1) is 0 Å². The van der Waals surface area contributed by atoms with Crippen LogP contribution in [0.4, 0.5) is 0 Å². The number of carbonyl (C=O) groups excluding carboxylic acids is 1. The van der Waals surface area contributed by atoms with Gasteiger partial charge in [0.1, 0.15) is 0 Å². The fourth-order valence-electron chi connectivity index (χ4n) is 3.45. The Kier molecular flexibility index (Phi) is 3.53. The Bertz CT molecular complexity index is 727. The molecule has 2 bridgehead atoms. The van der Waals surface area contributed by atoms with Crippen molar-refractivity contribution in [1.82, 2.24) is 0 Å². The zero-order chi connectivity index (χ0) is 15.9. The summed E-state index contributed by atoms with van der Waals surface area (Å²) in [4.78, 5) is 12.7. The molecule has 2 aromatic rings. The Morgan fingerprint density at radius 1 is 1.13 bits per heavy atom.